The van der Waals surface area contributed by atoms with Crippen molar-refractivity contribution in [3.63, 3.8) is 0 Å². The molecule has 10 nitrogen and oxygen atoms in total. The van der Waals surface area contributed by atoms with Crippen LogP contribution in [0.3, 0.4) is 0 Å². The Labute approximate surface area is 284 Å². The van der Waals surface area contributed by atoms with Gasteiger partial charge in [0, 0.05) is 27.7 Å². The van der Waals surface area contributed by atoms with E-state index in [0.717, 1.165) is 22.4 Å². The predicted octanol–water partition coefficient (Wildman–Crippen LogP) is 8.69. The molecule has 1 aromatic heterocycles. The number of non-ortho nitro benzene ring substituents is 1. The van der Waals surface area contributed by atoms with Crippen LogP contribution in [0, 0.1) is 17.0 Å². The van der Waals surface area contributed by atoms with E-state index in [1.165, 1.54) is 30.1 Å². The fourth-order valence-corrected chi connectivity index (χ4v) is 5.75. The van der Waals surface area contributed by atoms with Crippen molar-refractivity contribution in [1.29, 1.82) is 0 Å². The summed E-state index contributed by atoms with van der Waals surface area (Å²) in [6, 6.07) is 18.9. The summed E-state index contributed by atoms with van der Waals surface area (Å²) in [6.45, 7) is 8.61. The van der Waals surface area contributed by atoms with Gasteiger partial charge in [-0.3, -0.25) is 14.9 Å². The number of hydrogen-bond donors (Lipinski definition) is 0. The van der Waals surface area contributed by atoms with Crippen molar-refractivity contribution >= 4 is 50.3 Å². The maximum Gasteiger partial charge on any atom is 0.282 e. The Hall–Kier alpha value is -4.74. The Bertz CT molecular complexity index is 2080. The van der Waals surface area contributed by atoms with E-state index in [9.17, 15) is 14.9 Å². The SMILES string of the molecule is CCOc1cc(C)c(-c2nc3ccccc3c(=O)n2N=Cc2cc(OC)c(OCc3cccc([N+](=O)[O-])c3)c(Cl)c2Br)cc1C(C)C. The first-order chi connectivity index (χ1) is 22.5. The standard InChI is InChI=1S/C35H32BrClN4O6/c1-6-46-29-14-21(4)27(17-26(29)20(2)3)34-39-28-13-8-7-12-25(28)35(42)40(34)38-18-23-16-30(45-5)33(32(37)31(23)36)47-19-22-10-9-11-24(15-22)41(43)44/h7-18,20H,6,19H2,1-5H3. The molecular weight excluding hydrogens is 688 g/mol. The topological polar surface area (TPSA) is 118 Å². The predicted molar refractivity (Wildman–Crippen MR) is 188 cm³/mol. The molecule has 0 radical (unpaired) electrons. The summed E-state index contributed by atoms with van der Waals surface area (Å²) >= 11 is 10.3. The first-order valence-electron chi connectivity index (χ1n) is 14.8. The molecule has 0 saturated carbocycles. The number of aromatic nitrogens is 2. The lowest BCUT2D eigenvalue weighted by Gasteiger charge is -2.18. The number of ether oxygens (including phenoxy) is 3. The molecule has 0 bridgehead atoms. The number of nitro groups is 1. The van der Waals surface area contributed by atoms with Crippen LogP contribution in [-0.2, 0) is 6.61 Å². The number of halogens is 2. The lowest BCUT2D eigenvalue weighted by molar-refractivity contribution is -0.384. The Morgan fingerprint density at radius 3 is 2.55 bits per heavy atom. The third-order valence-electron chi connectivity index (χ3n) is 7.47. The second-order valence-corrected chi connectivity index (χ2v) is 12.1. The van der Waals surface area contributed by atoms with Crippen LogP contribution < -0.4 is 19.8 Å². The van der Waals surface area contributed by atoms with Gasteiger partial charge in [0.25, 0.3) is 11.2 Å². The molecular formula is C35H32BrClN4O6. The average Bonchev–Trinajstić information content (AvgIpc) is 3.05. The zero-order chi connectivity index (χ0) is 33.8. The maximum atomic E-state index is 13.9. The van der Waals surface area contributed by atoms with E-state index in [4.69, 9.17) is 30.8 Å². The molecule has 0 saturated heterocycles. The van der Waals surface area contributed by atoms with Crippen LogP contribution in [0.25, 0.3) is 22.3 Å². The summed E-state index contributed by atoms with van der Waals surface area (Å²) in [5.41, 5.74) is 3.87. The van der Waals surface area contributed by atoms with Gasteiger partial charge >= 0.3 is 0 Å². The molecule has 0 fully saturated rings. The monoisotopic (exact) mass is 718 g/mol. The molecule has 5 aromatic rings. The molecule has 0 aliphatic rings. The molecule has 0 aliphatic carbocycles. The Morgan fingerprint density at radius 1 is 1.09 bits per heavy atom. The Balaban J connectivity index is 1.60. The lowest BCUT2D eigenvalue weighted by Crippen LogP contribution is -2.21. The summed E-state index contributed by atoms with van der Waals surface area (Å²) in [6.07, 6.45) is 1.50. The van der Waals surface area contributed by atoms with Crippen LogP contribution in [0.2, 0.25) is 5.02 Å². The molecule has 1 heterocycles. The number of nitro benzene ring substituents is 1. The molecule has 0 unspecified atom stereocenters. The third-order valence-corrected chi connectivity index (χ3v) is 8.91. The Kier molecular flexibility index (Phi) is 10.3. The smallest absolute Gasteiger partial charge is 0.282 e. The number of aryl methyl sites for hydroxylation is 1. The van der Waals surface area contributed by atoms with Gasteiger partial charge in [0.15, 0.2) is 17.3 Å². The quantitative estimate of drug-likeness (QED) is 0.0762. The average molecular weight is 720 g/mol. The number of rotatable bonds is 11. The third kappa shape index (κ3) is 7.01. The van der Waals surface area contributed by atoms with Crippen molar-refractivity contribution in [3.8, 4) is 28.6 Å². The van der Waals surface area contributed by atoms with Crippen molar-refractivity contribution in [2.45, 2.75) is 40.2 Å². The minimum atomic E-state index is -0.468. The summed E-state index contributed by atoms with van der Waals surface area (Å²) in [5.74, 6) is 1.86. The van der Waals surface area contributed by atoms with E-state index in [2.05, 4.69) is 34.9 Å². The molecule has 47 heavy (non-hydrogen) atoms. The van der Waals surface area contributed by atoms with E-state index in [1.807, 2.05) is 32.0 Å². The van der Waals surface area contributed by atoms with E-state index in [1.54, 1.807) is 36.4 Å². The zero-order valence-corrected chi connectivity index (χ0v) is 28.8. The van der Waals surface area contributed by atoms with Crippen molar-refractivity contribution in [3.05, 3.63) is 119 Å². The maximum absolute atomic E-state index is 13.9. The minimum Gasteiger partial charge on any atom is -0.494 e. The van der Waals surface area contributed by atoms with Crippen LogP contribution >= 0.6 is 27.5 Å². The largest absolute Gasteiger partial charge is 0.494 e. The molecule has 12 heteroatoms. The molecule has 4 aromatic carbocycles. The van der Waals surface area contributed by atoms with E-state index in [0.29, 0.717) is 44.7 Å². The molecule has 0 aliphatic heterocycles. The van der Waals surface area contributed by atoms with E-state index < -0.39 is 4.92 Å². The van der Waals surface area contributed by atoms with Gasteiger partial charge in [0.1, 0.15) is 17.4 Å². The van der Waals surface area contributed by atoms with Gasteiger partial charge in [-0.05, 0) is 82.7 Å². The van der Waals surface area contributed by atoms with E-state index in [-0.39, 0.29) is 34.5 Å². The first-order valence-corrected chi connectivity index (χ1v) is 16.0. The molecule has 5 rings (SSSR count). The Morgan fingerprint density at radius 2 is 1.85 bits per heavy atom. The second kappa shape index (κ2) is 14.4. The molecule has 0 spiro atoms. The minimum absolute atomic E-state index is 0.0128. The number of fused-ring (bicyclic) bond motifs is 1. The highest BCUT2D eigenvalue weighted by molar-refractivity contribution is 9.10. The van der Waals surface area contributed by atoms with Crippen LogP contribution in [-0.4, -0.2) is 34.5 Å². The van der Waals surface area contributed by atoms with Crippen molar-refractivity contribution < 1.29 is 19.1 Å². The molecule has 0 N–H and O–H groups in total. The molecule has 242 valence electrons. The number of benzene rings is 4. The van der Waals surface area contributed by atoms with Crippen LogP contribution in [0.5, 0.6) is 17.2 Å². The van der Waals surface area contributed by atoms with Crippen LogP contribution in [0.1, 0.15) is 48.9 Å². The van der Waals surface area contributed by atoms with Gasteiger partial charge < -0.3 is 14.2 Å². The van der Waals surface area contributed by atoms with Crippen LogP contribution in [0.4, 0.5) is 5.69 Å². The van der Waals surface area contributed by atoms with Gasteiger partial charge in [-0.2, -0.15) is 9.78 Å². The van der Waals surface area contributed by atoms with E-state index >= 15 is 0 Å². The second-order valence-electron chi connectivity index (χ2n) is 10.9. The highest BCUT2D eigenvalue weighted by Gasteiger charge is 2.20. The molecule has 0 atom stereocenters. The van der Waals surface area contributed by atoms with Gasteiger partial charge in [0.05, 0.1) is 35.8 Å². The van der Waals surface area contributed by atoms with Crippen molar-refractivity contribution in [2.75, 3.05) is 13.7 Å². The highest BCUT2D eigenvalue weighted by atomic mass is 79.9. The summed E-state index contributed by atoms with van der Waals surface area (Å²) < 4.78 is 19.2. The zero-order valence-electron chi connectivity index (χ0n) is 26.4. The van der Waals surface area contributed by atoms with Gasteiger partial charge in [-0.1, -0.05) is 49.7 Å². The van der Waals surface area contributed by atoms with Gasteiger partial charge in [-0.25, -0.2) is 4.98 Å². The summed E-state index contributed by atoms with van der Waals surface area (Å²) in [4.78, 5) is 29.5. The lowest BCUT2D eigenvalue weighted by atomic mass is 9.96. The summed E-state index contributed by atoms with van der Waals surface area (Å²) in [7, 11) is 1.47. The number of hydrogen-bond acceptors (Lipinski definition) is 8. The highest BCUT2D eigenvalue weighted by Crippen LogP contribution is 2.42. The normalized spacial score (nSPS) is 11.4. The summed E-state index contributed by atoms with van der Waals surface area (Å²) in [5, 5.41) is 16.4. The van der Waals surface area contributed by atoms with Crippen LogP contribution in [0.15, 0.2) is 81.1 Å². The van der Waals surface area contributed by atoms with Crippen molar-refractivity contribution in [2.24, 2.45) is 5.10 Å². The fourth-order valence-electron chi connectivity index (χ4n) is 5.10. The fraction of sp³-hybridized carbons (Fsp3) is 0.229. The van der Waals surface area contributed by atoms with Crippen molar-refractivity contribution in [1.82, 2.24) is 9.66 Å². The first kappa shape index (κ1) is 33.6. The molecule has 0 amide bonds. The number of para-hydroxylation sites is 1. The van der Waals surface area contributed by atoms with Gasteiger partial charge in [-0.15, -0.1) is 0 Å². The van der Waals surface area contributed by atoms with Gasteiger partial charge in [0.2, 0.25) is 0 Å². The number of nitrogens with zero attached hydrogens (tertiary/aromatic N) is 4. The number of methoxy groups -OCH3 is 1.